The molecule has 0 bridgehead atoms. The van der Waals surface area contributed by atoms with Crippen molar-refractivity contribution in [3.8, 4) is 0 Å². The lowest BCUT2D eigenvalue weighted by Crippen LogP contribution is -2.51. The van der Waals surface area contributed by atoms with E-state index >= 15 is 0 Å². The molecule has 0 radical (unpaired) electrons. The van der Waals surface area contributed by atoms with Crippen LogP contribution >= 0.6 is 11.3 Å². The van der Waals surface area contributed by atoms with E-state index in [1.165, 1.54) is 0 Å². The van der Waals surface area contributed by atoms with Crippen molar-refractivity contribution in [2.45, 2.75) is 19.4 Å². The molecule has 8 heteroatoms. The van der Waals surface area contributed by atoms with Gasteiger partial charge in [-0.1, -0.05) is 23.8 Å². The van der Waals surface area contributed by atoms with Crippen molar-refractivity contribution in [2.24, 2.45) is 5.92 Å². The molecule has 1 aromatic carbocycles. The fourth-order valence-electron chi connectivity index (χ4n) is 4.57. The zero-order valence-corrected chi connectivity index (χ0v) is 18.7. The molecule has 2 saturated heterocycles. The standard InChI is InChI=1S/C24H25N5O2S/c1-17-5-7-18(8-6-17)29-21(30)16-19(22(29)20-4-2-15-32-20)23(31)27-11-13-28(14-12-27)24-25-9-3-10-26-24/h2-10,15,19,22H,11-14,16H2,1H3/t19-,22+/m1/s1. The molecule has 2 aromatic heterocycles. The summed E-state index contributed by atoms with van der Waals surface area (Å²) < 4.78 is 0. The van der Waals surface area contributed by atoms with Crippen LogP contribution in [0, 0.1) is 12.8 Å². The Balaban J connectivity index is 1.37. The lowest BCUT2D eigenvalue weighted by atomic mass is 9.96. The van der Waals surface area contributed by atoms with Gasteiger partial charge in [0.05, 0.1) is 12.0 Å². The van der Waals surface area contributed by atoms with Gasteiger partial charge in [0.1, 0.15) is 0 Å². The van der Waals surface area contributed by atoms with Crippen molar-refractivity contribution >= 4 is 34.8 Å². The topological polar surface area (TPSA) is 69.6 Å². The van der Waals surface area contributed by atoms with E-state index in [1.807, 2.05) is 58.5 Å². The Kier molecular flexibility index (Phi) is 5.61. The normalized spacial score (nSPS) is 21.3. The predicted octanol–water partition coefficient (Wildman–Crippen LogP) is 3.29. The maximum Gasteiger partial charge on any atom is 0.228 e. The summed E-state index contributed by atoms with van der Waals surface area (Å²) in [6.07, 6.45) is 3.70. The first-order chi connectivity index (χ1) is 15.6. The number of benzene rings is 1. The smallest absolute Gasteiger partial charge is 0.228 e. The van der Waals surface area contributed by atoms with Gasteiger partial charge in [0.2, 0.25) is 17.8 Å². The third-order valence-electron chi connectivity index (χ3n) is 6.21. The molecule has 2 aliphatic rings. The van der Waals surface area contributed by atoms with E-state index in [1.54, 1.807) is 29.8 Å². The second-order valence-electron chi connectivity index (χ2n) is 8.23. The minimum absolute atomic E-state index is 0.00178. The van der Waals surface area contributed by atoms with Gasteiger partial charge in [0.15, 0.2) is 0 Å². The number of rotatable bonds is 4. The van der Waals surface area contributed by atoms with E-state index in [4.69, 9.17) is 0 Å². The third-order valence-corrected chi connectivity index (χ3v) is 7.16. The monoisotopic (exact) mass is 447 g/mol. The van der Waals surface area contributed by atoms with Crippen LogP contribution in [0.1, 0.15) is 22.9 Å². The zero-order chi connectivity index (χ0) is 22.1. The van der Waals surface area contributed by atoms with E-state index in [-0.39, 0.29) is 30.2 Å². The summed E-state index contributed by atoms with van der Waals surface area (Å²) >= 11 is 1.60. The lowest BCUT2D eigenvalue weighted by molar-refractivity contribution is -0.136. The molecule has 2 aliphatic heterocycles. The van der Waals surface area contributed by atoms with E-state index in [0.717, 1.165) is 16.1 Å². The minimum Gasteiger partial charge on any atom is -0.339 e. The fourth-order valence-corrected chi connectivity index (χ4v) is 5.45. The summed E-state index contributed by atoms with van der Waals surface area (Å²) in [5.41, 5.74) is 1.99. The summed E-state index contributed by atoms with van der Waals surface area (Å²) in [6.45, 7) is 4.59. The molecule has 0 spiro atoms. The van der Waals surface area contributed by atoms with Crippen LogP contribution in [0.3, 0.4) is 0 Å². The van der Waals surface area contributed by atoms with Crippen molar-refractivity contribution in [2.75, 3.05) is 36.0 Å². The second kappa shape index (κ2) is 8.70. The molecule has 3 aromatic rings. The van der Waals surface area contributed by atoms with E-state index < -0.39 is 0 Å². The highest BCUT2D eigenvalue weighted by Gasteiger charge is 2.47. The number of hydrogen-bond acceptors (Lipinski definition) is 6. The van der Waals surface area contributed by atoms with Crippen molar-refractivity contribution in [3.05, 3.63) is 70.7 Å². The average Bonchev–Trinajstić information content (AvgIpc) is 3.48. The highest BCUT2D eigenvalue weighted by atomic mass is 32.1. The molecule has 4 heterocycles. The summed E-state index contributed by atoms with van der Waals surface area (Å²) in [5, 5.41) is 2.01. The number of carbonyl (C=O) groups is 2. The number of hydrogen-bond donors (Lipinski definition) is 0. The van der Waals surface area contributed by atoms with Crippen molar-refractivity contribution < 1.29 is 9.59 Å². The highest BCUT2D eigenvalue weighted by Crippen LogP contribution is 2.43. The number of amides is 2. The highest BCUT2D eigenvalue weighted by molar-refractivity contribution is 7.10. The number of aromatic nitrogens is 2. The molecule has 0 N–H and O–H groups in total. The third kappa shape index (κ3) is 3.86. The molecule has 0 unspecified atom stereocenters. The first-order valence-electron chi connectivity index (χ1n) is 10.8. The number of carbonyl (C=O) groups excluding carboxylic acids is 2. The van der Waals surface area contributed by atoms with Crippen LogP contribution in [-0.2, 0) is 9.59 Å². The first-order valence-corrected chi connectivity index (χ1v) is 11.7. The molecular weight excluding hydrogens is 422 g/mol. The lowest BCUT2D eigenvalue weighted by Gasteiger charge is -2.37. The number of aryl methyl sites for hydroxylation is 1. The van der Waals surface area contributed by atoms with E-state index in [9.17, 15) is 9.59 Å². The molecule has 7 nitrogen and oxygen atoms in total. The molecular formula is C24H25N5O2S. The van der Waals surface area contributed by atoms with Gasteiger partial charge in [-0.2, -0.15) is 0 Å². The van der Waals surface area contributed by atoms with Crippen molar-refractivity contribution in [1.82, 2.24) is 14.9 Å². The Morgan fingerprint density at radius 1 is 1.00 bits per heavy atom. The van der Waals surface area contributed by atoms with Gasteiger partial charge in [-0.05, 0) is 36.6 Å². The van der Waals surface area contributed by atoms with Crippen molar-refractivity contribution in [3.63, 3.8) is 0 Å². The van der Waals surface area contributed by atoms with Crippen LogP contribution in [0.5, 0.6) is 0 Å². The SMILES string of the molecule is Cc1ccc(N2C(=O)C[C@@H](C(=O)N3CCN(c4ncccn4)CC3)[C@H]2c2cccs2)cc1. The van der Waals surface area contributed by atoms with Gasteiger partial charge in [0, 0.05) is 55.6 Å². The van der Waals surface area contributed by atoms with E-state index in [0.29, 0.717) is 32.1 Å². The molecule has 2 amide bonds. The van der Waals surface area contributed by atoms with Crippen LogP contribution < -0.4 is 9.80 Å². The summed E-state index contributed by atoms with van der Waals surface area (Å²) in [6, 6.07) is 13.5. The van der Waals surface area contributed by atoms with E-state index in [2.05, 4.69) is 14.9 Å². The second-order valence-corrected chi connectivity index (χ2v) is 9.21. The fraction of sp³-hybridized carbons (Fsp3) is 0.333. The predicted molar refractivity (Wildman–Crippen MR) is 125 cm³/mol. The number of thiophene rings is 1. The van der Waals surface area contributed by atoms with Gasteiger partial charge in [-0.3, -0.25) is 9.59 Å². The summed E-state index contributed by atoms with van der Waals surface area (Å²) in [4.78, 5) is 42.3. The van der Waals surface area contributed by atoms with Gasteiger partial charge in [-0.15, -0.1) is 11.3 Å². The summed E-state index contributed by atoms with van der Waals surface area (Å²) in [7, 11) is 0. The van der Waals surface area contributed by atoms with Crippen molar-refractivity contribution in [1.29, 1.82) is 0 Å². The van der Waals surface area contributed by atoms with Gasteiger partial charge < -0.3 is 14.7 Å². The molecule has 2 fully saturated rings. The van der Waals surface area contributed by atoms with Gasteiger partial charge in [0.25, 0.3) is 0 Å². The molecule has 164 valence electrons. The molecule has 0 aliphatic carbocycles. The van der Waals surface area contributed by atoms with Crippen LogP contribution in [-0.4, -0.2) is 52.9 Å². The van der Waals surface area contributed by atoms with Crippen LogP contribution in [0.2, 0.25) is 0 Å². The average molecular weight is 448 g/mol. The Morgan fingerprint density at radius 2 is 1.72 bits per heavy atom. The van der Waals surface area contributed by atoms with Gasteiger partial charge in [-0.25, -0.2) is 9.97 Å². The number of piperazine rings is 1. The number of nitrogens with zero attached hydrogens (tertiary/aromatic N) is 5. The Bertz CT molecular complexity index is 1080. The molecule has 32 heavy (non-hydrogen) atoms. The van der Waals surface area contributed by atoms with Gasteiger partial charge >= 0.3 is 0 Å². The maximum absolute atomic E-state index is 13.6. The Hall–Kier alpha value is -3.26. The molecule has 5 rings (SSSR count). The molecule has 2 atom stereocenters. The quantitative estimate of drug-likeness (QED) is 0.614. The molecule has 0 saturated carbocycles. The Labute approximate surface area is 191 Å². The summed E-state index contributed by atoms with van der Waals surface area (Å²) in [5.74, 6) is 0.363. The zero-order valence-electron chi connectivity index (χ0n) is 17.9. The Morgan fingerprint density at radius 3 is 2.38 bits per heavy atom. The minimum atomic E-state index is -0.387. The largest absolute Gasteiger partial charge is 0.339 e. The number of anilines is 2. The first kappa shape index (κ1) is 20.6. The van der Waals surface area contributed by atoms with Crippen LogP contribution in [0.4, 0.5) is 11.6 Å². The van der Waals surface area contributed by atoms with Crippen LogP contribution in [0.25, 0.3) is 0 Å². The maximum atomic E-state index is 13.6. The van der Waals surface area contributed by atoms with Crippen LogP contribution in [0.15, 0.2) is 60.2 Å².